The molecule has 30 heavy (non-hydrogen) atoms. The Hall–Kier alpha value is -3.24. The predicted molar refractivity (Wildman–Crippen MR) is 118 cm³/mol. The molecular formula is C20H22N7O2S-. The zero-order chi connectivity index (χ0) is 20.8. The van der Waals surface area contributed by atoms with Crippen molar-refractivity contribution in [1.29, 1.82) is 0 Å². The van der Waals surface area contributed by atoms with Gasteiger partial charge in [0.1, 0.15) is 0 Å². The van der Waals surface area contributed by atoms with Crippen LogP contribution in [0.4, 0.5) is 23.1 Å². The van der Waals surface area contributed by atoms with Crippen LogP contribution in [-0.2, 0) is 15.1 Å². The second kappa shape index (κ2) is 9.51. The summed E-state index contributed by atoms with van der Waals surface area (Å²) in [5.74, 6) is 1.20. The number of nitrogens with zero attached hydrogens (tertiary/aromatic N) is 4. The fourth-order valence-electron chi connectivity index (χ4n) is 3.33. The van der Waals surface area contributed by atoms with Crippen LogP contribution in [0.1, 0.15) is 25.7 Å². The largest absolute Gasteiger partial charge is 0.454 e. The molecule has 9 nitrogen and oxygen atoms in total. The van der Waals surface area contributed by atoms with Crippen LogP contribution in [0, 0.1) is 0 Å². The van der Waals surface area contributed by atoms with Gasteiger partial charge in [-0.15, -0.1) is 0 Å². The third-order valence-corrected chi connectivity index (χ3v) is 5.14. The second-order valence-corrected chi connectivity index (χ2v) is 7.59. The molecule has 1 saturated carbocycles. The van der Waals surface area contributed by atoms with Gasteiger partial charge >= 0.3 is 0 Å². The van der Waals surface area contributed by atoms with E-state index in [4.69, 9.17) is 4.55 Å². The van der Waals surface area contributed by atoms with Crippen molar-refractivity contribution in [3.05, 3.63) is 54.9 Å². The molecule has 0 spiro atoms. The minimum Gasteiger partial charge on any atom is -0.454 e. The van der Waals surface area contributed by atoms with Gasteiger partial charge in [-0.1, -0.05) is 23.7 Å². The van der Waals surface area contributed by atoms with Crippen LogP contribution < -0.4 is 16.2 Å². The van der Waals surface area contributed by atoms with Crippen molar-refractivity contribution >= 4 is 34.0 Å². The Bertz CT molecular complexity index is 1060. The lowest BCUT2D eigenvalue weighted by Crippen LogP contribution is -2.18. The summed E-state index contributed by atoms with van der Waals surface area (Å²) in [5, 5.41) is 3.44. The van der Waals surface area contributed by atoms with Crippen LogP contribution >= 0.6 is 0 Å². The highest BCUT2D eigenvalue weighted by molar-refractivity contribution is 7.68. The molecule has 156 valence electrons. The van der Waals surface area contributed by atoms with Crippen LogP contribution in [0.25, 0.3) is 11.3 Å². The number of hydrogen-bond donors (Lipinski definition) is 4. The first kappa shape index (κ1) is 20.0. The molecule has 2 heterocycles. The van der Waals surface area contributed by atoms with Gasteiger partial charge in [0.05, 0.1) is 11.4 Å². The van der Waals surface area contributed by atoms with Gasteiger partial charge in [0, 0.05) is 35.8 Å². The lowest BCUT2D eigenvalue weighted by Gasteiger charge is -2.15. The second-order valence-electron chi connectivity index (χ2n) is 6.94. The Morgan fingerprint density at radius 2 is 1.73 bits per heavy atom. The summed E-state index contributed by atoms with van der Waals surface area (Å²) in [4.78, 5) is 13.3. The van der Waals surface area contributed by atoms with Crippen molar-refractivity contribution in [2.75, 3.05) is 16.2 Å². The summed E-state index contributed by atoms with van der Waals surface area (Å²) in [7, 11) is -2.22. The third-order valence-electron chi connectivity index (χ3n) is 4.78. The number of aromatic nitrogens is 3. The maximum Gasteiger partial charge on any atom is 0.225 e. The average molecular weight is 425 g/mol. The Morgan fingerprint density at radius 3 is 2.43 bits per heavy atom. The summed E-state index contributed by atoms with van der Waals surface area (Å²) < 4.78 is 23.2. The molecule has 0 radical (unpaired) electrons. The van der Waals surface area contributed by atoms with E-state index < -0.39 is 10.9 Å². The van der Waals surface area contributed by atoms with E-state index in [0.717, 1.165) is 29.8 Å². The maximum absolute atomic E-state index is 10.8. The van der Waals surface area contributed by atoms with Crippen LogP contribution in [0.5, 0.6) is 0 Å². The minimum atomic E-state index is -2.22. The van der Waals surface area contributed by atoms with E-state index in [9.17, 15) is 4.21 Å². The van der Waals surface area contributed by atoms with Gasteiger partial charge in [-0.05, 0) is 49.2 Å². The zero-order valence-electron chi connectivity index (χ0n) is 16.2. The van der Waals surface area contributed by atoms with Crippen LogP contribution in [-0.4, -0.2) is 25.5 Å². The summed E-state index contributed by atoms with van der Waals surface area (Å²) in [6.07, 6.45) is 8.17. The maximum atomic E-state index is 10.8. The van der Waals surface area contributed by atoms with Gasteiger partial charge in [0.15, 0.2) is 5.82 Å². The predicted octanol–water partition coefficient (Wildman–Crippen LogP) is 4.58. The van der Waals surface area contributed by atoms with Gasteiger partial charge in [-0.2, -0.15) is 4.98 Å². The molecule has 4 rings (SSSR count). The standard InChI is InChI=1S/C20H22N7O2S/c28-30(29)27-17-7-5-16(6-8-17)25-26-19-13-18(14-9-11-21-12-10-14)23-20(24-19)22-15-3-1-2-4-15/h5-13,15,25H,1-4H2,(H,27,28,29)(H2,22,23,24,26)/q-1. The molecule has 1 aliphatic rings. The van der Waals surface area contributed by atoms with Crippen molar-refractivity contribution in [2.45, 2.75) is 31.7 Å². The molecule has 0 atom stereocenters. The van der Waals surface area contributed by atoms with E-state index in [1.807, 2.05) is 18.2 Å². The number of benzene rings is 1. The summed E-state index contributed by atoms with van der Waals surface area (Å²) in [6.45, 7) is 0. The quantitative estimate of drug-likeness (QED) is 0.247. The van der Waals surface area contributed by atoms with E-state index in [1.165, 1.54) is 12.8 Å². The highest BCUT2D eigenvalue weighted by Crippen LogP contribution is 2.25. The van der Waals surface area contributed by atoms with Gasteiger partial charge in [0.25, 0.3) is 0 Å². The molecule has 10 heteroatoms. The fourth-order valence-corrected chi connectivity index (χ4v) is 3.63. The molecule has 0 saturated heterocycles. The van der Waals surface area contributed by atoms with E-state index >= 15 is 0 Å². The van der Waals surface area contributed by atoms with Crippen molar-refractivity contribution in [3.8, 4) is 11.3 Å². The van der Waals surface area contributed by atoms with Gasteiger partial charge in [-0.3, -0.25) is 15.8 Å². The normalized spacial score (nSPS) is 15.1. The highest BCUT2D eigenvalue weighted by Gasteiger charge is 2.16. The minimum absolute atomic E-state index is 0.395. The number of rotatable bonds is 7. The van der Waals surface area contributed by atoms with E-state index in [-0.39, 0.29) is 0 Å². The Kier molecular flexibility index (Phi) is 6.35. The molecule has 2 aromatic heterocycles. The van der Waals surface area contributed by atoms with Gasteiger partial charge in [-0.25, -0.2) is 4.98 Å². The molecule has 0 aliphatic heterocycles. The van der Waals surface area contributed by atoms with E-state index in [0.29, 0.717) is 23.5 Å². The monoisotopic (exact) mass is 424 g/mol. The molecule has 1 fully saturated rings. The number of pyridine rings is 1. The van der Waals surface area contributed by atoms with Crippen molar-refractivity contribution in [3.63, 3.8) is 0 Å². The van der Waals surface area contributed by atoms with Gasteiger partial charge < -0.3 is 18.4 Å². The first-order valence-corrected chi connectivity index (χ1v) is 10.7. The van der Waals surface area contributed by atoms with Crippen LogP contribution in [0.3, 0.4) is 0 Å². The SMILES string of the molecule is O=[S-](O)=Nc1ccc(NNc2cc(-c3ccncc3)nc(NC3CCCC3)n2)cc1. The van der Waals surface area contributed by atoms with Gasteiger partial charge in [0.2, 0.25) is 5.95 Å². The number of hydrogen-bond acceptors (Lipinski definition) is 9. The lowest BCUT2D eigenvalue weighted by molar-refractivity contribution is 0.529. The molecule has 0 bridgehead atoms. The molecule has 1 aliphatic carbocycles. The number of hydrazine groups is 1. The molecule has 0 amide bonds. The van der Waals surface area contributed by atoms with Crippen LogP contribution in [0.2, 0.25) is 0 Å². The topological polar surface area (TPSA) is 124 Å². The number of nitrogens with one attached hydrogen (secondary N) is 3. The average Bonchev–Trinajstić information content (AvgIpc) is 3.26. The summed E-state index contributed by atoms with van der Waals surface area (Å²) in [6, 6.07) is 12.9. The fraction of sp³-hybridized carbons (Fsp3) is 0.250. The molecule has 4 N–H and O–H groups in total. The smallest absolute Gasteiger partial charge is 0.225 e. The Labute approximate surface area is 176 Å². The molecular weight excluding hydrogens is 402 g/mol. The molecule has 3 aromatic rings. The highest BCUT2D eigenvalue weighted by atomic mass is 32.2. The zero-order valence-corrected chi connectivity index (χ0v) is 17.0. The Balaban J connectivity index is 1.53. The van der Waals surface area contributed by atoms with Crippen molar-refractivity contribution in [1.82, 2.24) is 15.0 Å². The van der Waals surface area contributed by atoms with E-state index in [1.54, 1.807) is 36.7 Å². The van der Waals surface area contributed by atoms with Crippen LogP contribution in [0.15, 0.2) is 59.2 Å². The van der Waals surface area contributed by atoms with E-state index in [2.05, 4.69) is 35.5 Å². The van der Waals surface area contributed by atoms with Crippen molar-refractivity contribution in [2.24, 2.45) is 4.36 Å². The third kappa shape index (κ3) is 5.43. The first-order valence-electron chi connectivity index (χ1n) is 9.66. The summed E-state index contributed by atoms with van der Waals surface area (Å²) >= 11 is 0. The lowest BCUT2D eigenvalue weighted by atomic mass is 10.2. The summed E-state index contributed by atoms with van der Waals surface area (Å²) in [5.41, 5.74) is 9.10. The number of anilines is 3. The first-order chi connectivity index (χ1) is 14.7. The molecule has 1 aromatic carbocycles. The Morgan fingerprint density at radius 1 is 1.00 bits per heavy atom. The molecule has 0 unspecified atom stereocenters. The van der Waals surface area contributed by atoms with Crippen molar-refractivity contribution < 1.29 is 8.76 Å².